The number of fused-ring (bicyclic) bond motifs is 2. The van der Waals surface area contributed by atoms with Crippen LogP contribution in [0, 0.1) is 19.3 Å². The van der Waals surface area contributed by atoms with Crippen molar-refractivity contribution >= 4 is 40.1 Å². The van der Waals surface area contributed by atoms with Gasteiger partial charge in [0.15, 0.2) is 0 Å². The van der Waals surface area contributed by atoms with Crippen LogP contribution in [0.4, 0.5) is 4.79 Å². The van der Waals surface area contributed by atoms with Gasteiger partial charge >= 0.3 is 12.0 Å². The molecule has 2 aliphatic rings. The lowest BCUT2D eigenvalue weighted by molar-refractivity contribution is -0.145. The quantitative estimate of drug-likeness (QED) is 0.177. The second-order valence-electron chi connectivity index (χ2n) is 11.8. The molecule has 2 aromatic heterocycles. The number of piperidine rings is 1. The Kier molecular flexibility index (Phi) is 11.1. The van der Waals surface area contributed by atoms with Crippen LogP contribution < -0.4 is 19.7 Å². The fraction of sp³-hybridized carbons (Fsp3) is 0.457. The number of carbonyl (C=O) groups is 3. The first-order chi connectivity index (χ1) is 22.7. The molecule has 1 N–H and O–H groups in total. The summed E-state index contributed by atoms with van der Waals surface area (Å²) < 4.78 is 17.3. The molecule has 2 aliphatic heterocycles. The van der Waals surface area contributed by atoms with E-state index in [9.17, 15) is 14.4 Å². The molecule has 0 aliphatic carbocycles. The van der Waals surface area contributed by atoms with Crippen molar-refractivity contribution < 1.29 is 28.6 Å². The van der Waals surface area contributed by atoms with Crippen LogP contribution >= 0.6 is 11.3 Å². The lowest BCUT2D eigenvalue weighted by atomic mass is 9.97. The van der Waals surface area contributed by atoms with Gasteiger partial charge < -0.3 is 19.5 Å². The Bertz CT molecular complexity index is 1700. The van der Waals surface area contributed by atoms with E-state index in [1.807, 2.05) is 31.2 Å². The highest BCUT2D eigenvalue weighted by molar-refractivity contribution is 7.13. The maximum atomic E-state index is 13.9. The molecular weight excluding hydrogens is 618 g/mol. The number of pyridine rings is 1. The van der Waals surface area contributed by atoms with Crippen molar-refractivity contribution in [3.05, 3.63) is 47.0 Å². The highest BCUT2D eigenvalue weighted by atomic mass is 32.1. The number of ether oxygens (including phenoxy) is 3. The number of carbonyl (C=O) groups excluding carboxylic acids is 3. The van der Waals surface area contributed by atoms with Crippen molar-refractivity contribution in [3.63, 3.8) is 0 Å². The second-order valence-corrected chi connectivity index (χ2v) is 12.6. The van der Waals surface area contributed by atoms with E-state index in [1.54, 1.807) is 29.3 Å². The van der Waals surface area contributed by atoms with Crippen molar-refractivity contribution in [3.8, 4) is 34.5 Å². The van der Waals surface area contributed by atoms with Crippen LogP contribution in [-0.4, -0.2) is 85.3 Å². The summed E-state index contributed by atoms with van der Waals surface area (Å²) in [6.45, 7) is 2.82. The number of nitrogens with one attached hydrogen (secondary N) is 1. The van der Waals surface area contributed by atoms with Gasteiger partial charge in [0.05, 0.1) is 26.2 Å². The minimum atomic E-state index is -0.858. The molecule has 3 amide bonds. The lowest BCUT2D eigenvalue weighted by Crippen LogP contribution is -2.62. The molecule has 5 rings (SSSR count). The number of thiazole rings is 1. The molecule has 3 aromatic rings. The zero-order valence-electron chi connectivity index (χ0n) is 27.3. The number of esters is 1. The van der Waals surface area contributed by atoms with Crippen molar-refractivity contribution in [2.45, 2.75) is 70.1 Å². The first kappa shape index (κ1) is 33.9. The highest BCUT2D eigenvalue weighted by Crippen LogP contribution is 2.37. The summed E-state index contributed by atoms with van der Waals surface area (Å²) in [5, 5.41) is 6.12. The maximum absolute atomic E-state index is 13.9. The molecule has 1 aromatic carbocycles. The molecule has 0 bridgehead atoms. The molecule has 0 spiro atoms. The Hall–Kier alpha value is -4.47. The number of terminal acetylenes is 1. The van der Waals surface area contributed by atoms with Crippen LogP contribution in [0.1, 0.15) is 56.2 Å². The second kappa shape index (κ2) is 15.4. The maximum Gasteiger partial charge on any atom is 0.467 e. The topological polar surface area (TPSA) is 126 Å². The zero-order valence-corrected chi connectivity index (χ0v) is 28.1. The normalized spacial score (nSPS) is 21.6. The lowest BCUT2D eigenvalue weighted by Gasteiger charge is -2.32. The number of aromatic nitrogens is 2. The third-order valence-electron chi connectivity index (χ3n) is 8.67. The predicted molar refractivity (Wildman–Crippen MR) is 181 cm³/mol. The number of hydrogen-bond donors (Lipinski definition) is 1. The van der Waals surface area contributed by atoms with E-state index < -0.39 is 30.1 Å². The Morgan fingerprint density at radius 3 is 2.68 bits per heavy atom. The number of nitrogens with zero attached hydrogens (tertiary/aromatic N) is 4. The van der Waals surface area contributed by atoms with Gasteiger partial charge in [-0.3, -0.25) is 9.69 Å². The fourth-order valence-electron chi connectivity index (χ4n) is 6.05. The fourth-order valence-corrected chi connectivity index (χ4v) is 6.77. The number of urea groups is 1. The summed E-state index contributed by atoms with van der Waals surface area (Å²) in [5.74, 6) is 2.89. The molecule has 4 heterocycles. The smallest absolute Gasteiger partial charge is 0.467 e. The number of allylic oxidation sites excluding steroid dienone is 2. The van der Waals surface area contributed by atoms with Crippen LogP contribution in [-0.2, 0) is 14.3 Å². The number of benzene rings is 1. The predicted octanol–water partition coefficient (Wildman–Crippen LogP) is 4.94. The Labute approximate surface area is 279 Å². The van der Waals surface area contributed by atoms with Crippen LogP contribution in [0.15, 0.2) is 35.7 Å². The minimum absolute atomic E-state index is 0.226. The van der Waals surface area contributed by atoms with Crippen molar-refractivity contribution in [1.29, 1.82) is 0 Å². The molecular formula is C35H41N5O6S+. The van der Waals surface area contributed by atoms with Gasteiger partial charge in [0, 0.05) is 42.4 Å². The number of rotatable bonds is 5. The van der Waals surface area contributed by atoms with E-state index in [0.29, 0.717) is 65.8 Å². The van der Waals surface area contributed by atoms with E-state index >= 15 is 0 Å². The molecule has 0 saturated carbocycles. The molecule has 12 heteroatoms. The highest BCUT2D eigenvalue weighted by Gasteiger charge is 2.48. The van der Waals surface area contributed by atoms with E-state index in [0.717, 1.165) is 30.2 Å². The standard InChI is InChI=1S/C35H41N5O6S/c1-6-23-21-47-33(36-23)27-20-30(25-14-15-29(44-4)22(2)31(25)37-27)46-24-16-18-40-28(19-24)32(41)38-26(34(42)45-5)13-11-9-7-8-10-12-17-39(3)35(40)43/h1,7,9,14-15,20-21,24,26,28H,8,10-13,16-19H2,2-5H3,(H,38,41)/q+1/t24-,26-,28?/m1/s1. The summed E-state index contributed by atoms with van der Waals surface area (Å²) in [4.78, 5) is 53.0. The molecule has 1 saturated heterocycles. The monoisotopic (exact) mass is 659 g/mol. The number of amides is 3. The summed E-state index contributed by atoms with van der Waals surface area (Å²) in [6, 6.07) is 3.70. The van der Waals surface area contributed by atoms with Gasteiger partial charge in [0.2, 0.25) is 6.04 Å². The van der Waals surface area contributed by atoms with Gasteiger partial charge in [-0.2, -0.15) is 0 Å². The van der Waals surface area contributed by atoms with Gasteiger partial charge in [-0.25, -0.2) is 19.6 Å². The van der Waals surface area contributed by atoms with Crippen LogP contribution in [0.5, 0.6) is 11.5 Å². The summed E-state index contributed by atoms with van der Waals surface area (Å²) in [7, 11) is 4.68. The molecule has 247 valence electrons. The Morgan fingerprint density at radius 2 is 1.94 bits per heavy atom. The van der Waals surface area contributed by atoms with Gasteiger partial charge in [0.1, 0.15) is 46.6 Å². The van der Waals surface area contributed by atoms with Crippen LogP contribution in [0.2, 0.25) is 0 Å². The van der Waals surface area contributed by atoms with Gasteiger partial charge in [-0.05, 0) is 57.1 Å². The van der Waals surface area contributed by atoms with Gasteiger partial charge in [0.25, 0.3) is 5.91 Å². The summed E-state index contributed by atoms with van der Waals surface area (Å²) >= 11 is 1.39. The van der Waals surface area contributed by atoms with E-state index in [-0.39, 0.29) is 12.5 Å². The third kappa shape index (κ3) is 7.75. The van der Waals surface area contributed by atoms with E-state index in [2.05, 4.69) is 22.3 Å². The number of methoxy groups -OCH3 is 2. The summed E-state index contributed by atoms with van der Waals surface area (Å²) in [6.07, 6.45) is 13.7. The first-order valence-corrected chi connectivity index (χ1v) is 16.7. The van der Waals surface area contributed by atoms with Crippen LogP contribution in [0.25, 0.3) is 21.6 Å². The van der Waals surface area contributed by atoms with E-state index in [4.69, 9.17) is 25.6 Å². The third-order valence-corrected chi connectivity index (χ3v) is 9.53. The molecule has 1 fully saturated rings. The van der Waals surface area contributed by atoms with Gasteiger partial charge in [-0.15, -0.1) is 17.8 Å². The number of hydrogen-bond acceptors (Lipinski definition) is 9. The van der Waals surface area contributed by atoms with Crippen molar-refractivity contribution in [1.82, 2.24) is 25.1 Å². The minimum Gasteiger partial charge on any atom is -0.496 e. The summed E-state index contributed by atoms with van der Waals surface area (Å²) in [5.41, 5.74) is 2.67. The largest absolute Gasteiger partial charge is 0.496 e. The van der Waals surface area contributed by atoms with Crippen molar-refractivity contribution in [2.24, 2.45) is 0 Å². The molecule has 11 nitrogen and oxygen atoms in total. The average molecular weight is 660 g/mol. The van der Waals surface area contributed by atoms with Gasteiger partial charge in [-0.1, -0.05) is 17.1 Å². The van der Waals surface area contributed by atoms with E-state index in [1.165, 1.54) is 18.4 Å². The number of aryl methyl sites for hydroxylation is 1. The van der Waals surface area contributed by atoms with Crippen LogP contribution in [0.3, 0.4) is 0 Å². The first-order valence-electron chi connectivity index (χ1n) is 15.9. The van der Waals surface area contributed by atoms with Crippen molar-refractivity contribution in [2.75, 3.05) is 34.4 Å². The molecule has 1 unspecified atom stereocenters. The molecule has 3 atom stereocenters. The molecule has 1 radical (unpaired) electrons. The molecule has 47 heavy (non-hydrogen) atoms. The SMILES string of the molecule is C#Cc1csc(-c2cc(O[C@@H]3CC[N+]4C(=O)N(C)CCCCC=CCC[C@H](C(=O)OC)NC(=O)C4C3)c3ccc(OC)c(C)c3n2)n1. The average Bonchev–Trinajstić information content (AvgIpc) is 3.57. The Morgan fingerprint density at radius 1 is 1.13 bits per heavy atom. The Balaban J connectivity index is 1.48. The zero-order chi connectivity index (χ0) is 33.5.